The van der Waals surface area contributed by atoms with E-state index in [4.69, 9.17) is 23.2 Å². The summed E-state index contributed by atoms with van der Waals surface area (Å²) in [7, 11) is 0. The van der Waals surface area contributed by atoms with Gasteiger partial charge in [-0.15, -0.1) is 0 Å². The topological polar surface area (TPSA) is 166 Å². The average molecular weight is 613 g/mol. The van der Waals surface area contributed by atoms with Crippen molar-refractivity contribution in [3.05, 3.63) is 64.7 Å². The maximum absolute atomic E-state index is 12.2. The average Bonchev–Trinajstić information content (AvgIpc) is 2.50. The molecule has 0 unspecified atom stereocenters. The number of H-pyrrole nitrogens is 4. The predicted molar refractivity (Wildman–Crippen MR) is 101 cm³/mol. The van der Waals surface area contributed by atoms with Gasteiger partial charge in [-0.1, -0.05) is 0 Å². The number of carbonyl (C=O) groups excluding carboxylic acids is 2. The van der Waals surface area contributed by atoms with Crippen molar-refractivity contribution in [2.75, 3.05) is 0 Å². The quantitative estimate of drug-likeness (QED) is 0.175. The SMILES string of the molecule is FC(F)(F)I.O=C(Cl)c1[nH]c(=O)[nH]c(=O)c1C(F)(F)F.O=C(Cl)c1cc(=O)[nH]c(=O)[nH]1. The Morgan fingerprint density at radius 3 is 1.61 bits per heavy atom. The summed E-state index contributed by atoms with van der Waals surface area (Å²) in [6, 6.07) is 0.913. The second kappa shape index (κ2) is 11.3. The Bertz CT molecular complexity index is 1150. The summed E-state index contributed by atoms with van der Waals surface area (Å²) < 4.78 is 63.7. The number of carbonyl (C=O) groups is 2. The number of halogens is 9. The molecule has 0 aliphatic heterocycles. The Labute approximate surface area is 187 Å². The van der Waals surface area contributed by atoms with E-state index < -0.39 is 54.6 Å². The predicted octanol–water partition coefficient (Wildman–Crippen LogP) is 1.84. The van der Waals surface area contributed by atoms with Gasteiger partial charge in [-0.3, -0.25) is 29.1 Å². The van der Waals surface area contributed by atoms with Crippen molar-refractivity contribution in [1.29, 1.82) is 0 Å². The van der Waals surface area contributed by atoms with E-state index in [1.54, 1.807) is 0 Å². The lowest BCUT2D eigenvalue weighted by atomic mass is 10.2. The summed E-state index contributed by atoms with van der Waals surface area (Å²) in [6.45, 7) is 0. The first kappa shape index (κ1) is 28.6. The van der Waals surface area contributed by atoms with Gasteiger partial charge in [-0.05, 0) is 23.2 Å². The summed E-state index contributed by atoms with van der Waals surface area (Å²) in [6.07, 6.45) is -5.07. The van der Waals surface area contributed by atoms with Crippen LogP contribution in [-0.4, -0.2) is 34.6 Å². The van der Waals surface area contributed by atoms with Gasteiger partial charge >= 0.3 is 21.7 Å². The standard InChI is InChI=1S/C6H2ClF3N2O3.C5H3ClN2O3.CF3I/c7-3(13)2-1(6(8,9)10)4(14)12-5(15)11-2;6-4(10)2-1-3(9)8-5(11)7-2;2-1(3,4)5/h(H2,11,12,14,15);1H,(H2,7,8,9,11);. The zero-order valence-corrected chi connectivity index (χ0v) is 17.6. The molecule has 0 saturated heterocycles. The Morgan fingerprint density at radius 1 is 0.806 bits per heavy atom. The fraction of sp³-hybridized carbons (Fsp3) is 0.167. The number of aromatic amines is 4. The van der Waals surface area contributed by atoms with Crippen LogP contribution in [0.5, 0.6) is 0 Å². The maximum Gasteiger partial charge on any atom is 0.441 e. The smallest absolute Gasteiger partial charge is 0.303 e. The van der Waals surface area contributed by atoms with Gasteiger partial charge in [0.1, 0.15) is 17.0 Å². The first-order valence-corrected chi connectivity index (χ1v) is 8.59. The molecule has 0 radical (unpaired) electrons. The zero-order valence-electron chi connectivity index (χ0n) is 13.9. The van der Waals surface area contributed by atoms with Crippen molar-refractivity contribution in [3.8, 4) is 0 Å². The Hall–Kier alpha value is -2.41. The van der Waals surface area contributed by atoms with E-state index >= 15 is 0 Å². The van der Waals surface area contributed by atoms with E-state index in [0.29, 0.717) is 22.6 Å². The molecule has 2 rings (SSSR count). The Kier molecular flexibility index (Phi) is 10.4. The van der Waals surface area contributed by atoms with Crippen LogP contribution in [0.15, 0.2) is 25.2 Å². The number of rotatable bonds is 2. The third-order valence-electron chi connectivity index (χ3n) is 2.39. The van der Waals surface area contributed by atoms with Crippen molar-refractivity contribution in [3.63, 3.8) is 0 Å². The Balaban J connectivity index is 0.000000492. The van der Waals surface area contributed by atoms with Crippen molar-refractivity contribution in [1.82, 2.24) is 19.9 Å². The van der Waals surface area contributed by atoms with Gasteiger partial charge in [0.05, 0.1) is 0 Å². The van der Waals surface area contributed by atoms with Crippen LogP contribution in [0.25, 0.3) is 0 Å². The molecule has 4 N–H and O–H groups in total. The molecule has 0 aliphatic carbocycles. The minimum absolute atomic E-state index is 0.208. The van der Waals surface area contributed by atoms with Crippen LogP contribution in [0.4, 0.5) is 26.3 Å². The molecule has 0 fully saturated rings. The van der Waals surface area contributed by atoms with Crippen LogP contribution in [0.2, 0.25) is 0 Å². The molecule has 0 amide bonds. The maximum atomic E-state index is 12.2. The van der Waals surface area contributed by atoms with Gasteiger partial charge < -0.3 is 9.97 Å². The van der Waals surface area contributed by atoms with Gasteiger partial charge in [-0.25, -0.2) is 9.59 Å². The molecule has 172 valence electrons. The molecule has 0 saturated carbocycles. The lowest BCUT2D eigenvalue weighted by Crippen LogP contribution is -2.33. The number of alkyl halides is 7. The molecule has 0 bridgehead atoms. The number of hydrogen-bond acceptors (Lipinski definition) is 6. The van der Waals surface area contributed by atoms with Gasteiger partial charge in [0.2, 0.25) is 0 Å². The summed E-state index contributed by atoms with van der Waals surface area (Å²) in [5.41, 5.74) is -7.65. The molecule has 19 heteroatoms. The van der Waals surface area contributed by atoms with E-state index in [1.165, 1.54) is 9.97 Å². The largest absolute Gasteiger partial charge is 0.441 e. The molecular formula is C12H5Cl2F6IN4O6. The van der Waals surface area contributed by atoms with Crippen LogP contribution in [0.3, 0.4) is 0 Å². The van der Waals surface area contributed by atoms with Gasteiger partial charge in [0, 0.05) is 28.7 Å². The van der Waals surface area contributed by atoms with Crippen molar-refractivity contribution < 1.29 is 35.9 Å². The fourth-order valence-corrected chi connectivity index (χ4v) is 1.72. The van der Waals surface area contributed by atoms with Gasteiger partial charge in [-0.2, -0.15) is 26.3 Å². The summed E-state index contributed by atoms with van der Waals surface area (Å²) >= 11 is 10.2. The third kappa shape index (κ3) is 11.5. The van der Waals surface area contributed by atoms with Crippen LogP contribution < -0.4 is 22.5 Å². The van der Waals surface area contributed by atoms with Crippen molar-refractivity contribution >= 4 is 56.3 Å². The number of hydrogen-bond donors (Lipinski definition) is 4. The van der Waals surface area contributed by atoms with Crippen LogP contribution in [-0.2, 0) is 6.18 Å². The van der Waals surface area contributed by atoms with Crippen LogP contribution in [0, 0.1) is 0 Å². The van der Waals surface area contributed by atoms with E-state index in [0.717, 1.165) is 6.07 Å². The molecule has 10 nitrogen and oxygen atoms in total. The second-order valence-electron chi connectivity index (χ2n) is 4.63. The first-order chi connectivity index (χ1) is 13.8. The number of aromatic nitrogens is 4. The molecule has 0 aromatic carbocycles. The van der Waals surface area contributed by atoms with Gasteiger partial charge in [0.25, 0.3) is 21.6 Å². The molecule has 2 aromatic rings. The van der Waals surface area contributed by atoms with E-state index in [1.807, 2.05) is 4.98 Å². The first-order valence-electron chi connectivity index (χ1n) is 6.75. The molecular weight excluding hydrogens is 608 g/mol. The minimum Gasteiger partial charge on any atom is -0.303 e. The fourth-order valence-electron chi connectivity index (χ4n) is 1.48. The highest BCUT2D eigenvalue weighted by atomic mass is 127. The molecule has 0 aliphatic rings. The lowest BCUT2D eigenvalue weighted by molar-refractivity contribution is -0.139. The van der Waals surface area contributed by atoms with Crippen LogP contribution >= 0.6 is 45.8 Å². The third-order valence-corrected chi connectivity index (χ3v) is 2.79. The molecule has 31 heavy (non-hydrogen) atoms. The summed E-state index contributed by atoms with van der Waals surface area (Å²) in [5.74, 6) is 0. The highest BCUT2D eigenvalue weighted by Gasteiger charge is 2.39. The highest BCUT2D eigenvalue weighted by molar-refractivity contribution is 14.1. The molecule has 0 spiro atoms. The van der Waals surface area contributed by atoms with E-state index in [9.17, 15) is 55.1 Å². The Morgan fingerprint density at radius 2 is 1.26 bits per heavy atom. The normalized spacial score (nSPS) is 10.9. The molecule has 2 heterocycles. The summed E-state index contributed by atoms with van der Waals surface area (Å²) in [5, 5.41) is -2.43. The minimum atomic E-state index is -5.07. The lowest BCUT2D eigenvalue weighted by Gasteiger charge is -2.07. The molecule has 2 aromatic heterocycles. The van der Waals surface area contributed by atoms with Crippen molar-refractivity contribution in [2.24, 2.45) is 0 Å². The zero-order chi connectivity index (χ0) is 24.7. The van der Waals surface area contributed by atoms with Crippen molar-refractivity contribution in [2.45, 2.75) is 10.4 Å². The number of nitrogens with one attached hydrogen (secondary N) is 4. The second-order valence-corrected chi connectivity index (χ2v) is 6.54. The van der Waals surface area contributed by atoms with E-state index in [-0.39, 0.29) is 5.69 Å². The highest BCUT2D eigenvalue weighted by Crippen LogP contribution is 2.28. The van der Waals surface area contributed by atoms with Gasteiger partial charge in [0.15, 0.2) is 0 Å². The summed E-state index contributed by atoms with van der Waals surface area (Å²) in [4.78, 5) is 70.2. The molecule has 0 atom stereocenters. The van der Waals surface area contributed by atoms with E-state index in [2.05, 4.69) is 4.98 Å². The van der Waals surface area contributed by atoms with Crippen LogP contribution in [0.1, 0.15) is 26.5 Å². The monoisotopic (exact) mass is 612 g/mol.